The van der Waals surface area contributed by atoms with Gasteiger partial charge in [-0.05, 0) is 112 Å². The van der Waals surface area contributed by atoms with Gasteiger partial charge >= 0.3 is 0 Å². The summed E-state index contributed by atoms with van der Waals surface area (Å²) in [7, 11) is 1.77. The average molecular weight is 976 g/mol. The zero-order valence-electron chi connectivity index (χ0n) is 39.5. The molecule has 0 spiro atoms. The van der Waals surface area contributed by atoms with Gasteiger partial charge in [0.05, 0.1) is 35.5 Å². The molecule has 366 valence electrons. The standard InChI is InChI=1S/C51H57ClF2N12O4/c1-31(67)64-23-17-45-42(30-64)49(65-18-3-4-33-24-40(35-28-56-61(2)29-35)41(48(53)54)26-46(33)65)60-66(45)37-15-21-63(22-16-37)51(69)32-13-19-62(20-14-32)47-12-11-44(58-59-47)50(68)57-36-6-9-38(10-7-36)70-39-8-5-34(27-55)43(52)25-39/h5,8,11-12,24-26,28-29,32,36-38,48H,3-4,6-7,9-10,13-23,30H2,1-2H3,(H,57,68). The molecule has 2 aromatic carbocycles. The Kier molecular flexibility index (Phi) is 13.5. The molecule has 3 amide bonds. The number of rotatable bonds is 10. The van der Waals surface area contributed by atoms with E-state index in [2.05, 4.69) is 41.2 Å². The molecule has 0 unspecified atom stereocenters. The molecule has 0 bridgehead atoms. The number of halogens is 3. The van der Waals surface area contributed by atoms with Crippen LogP contribution in [0.1, 0.15) is 116 Å². The number of fused-ring (bicyclic) bond motifs is 2. The van der Waals surface area contributed by atoms with Gasteiger partial charge in [-0.3, -0.25) is 23.7 Å². The van der Waals surface area contributed by atoms with E-state index >= 15 is 0 Å². The second kappa shape index (κ2) is 20.0. The summed E-state index contributed by atoms with van der Waals surface area (Å²) >= 11 is 6.17. The number of aryl methyl sites for hydroxylation is 2. The third-order valence-electron chi connectivity index (χ3n) is 14.9. The van der Waals surface area contributed by atoms with E-state index in [1.54, 1.807) is 61.4 Å². The van der Waals surface area contributed by atoms with Crippen LogP contribution in [-0.2, 0) is 36.0 Å². The minimum atomic E-state index is -2.69. The first kappa shape index (κ1) is 47.1. The van der Waals surface area contributed by atoms with Crippen molar-refractivity contribution < 1.29 is 27.9 Å². The van der Waals surface area contributed by atoms with E-state index in [4.69, 9.17) is 26.7 Å². The Labute approximate surface area is 410 Å². The van der Waals surface area contributed by atoms with Crippen LogP contribution in [0.2, 0.25) is 5.02 Å². The number of hydrogen-bond donors (Lipinski definition) is 1. The van der Waals surface area contributed by atoms with Crippen LogP contribution < -0.4 is 19.9 Å². The van der Waals surface area contributed by atoms with Crippen molar-refractivity contribution in [1.82, 2.24) is 44.9 Å². The van der Waals surface area contributed by atoms with E-state index in [9.17, 15) is 23.2 Å². The molecule has 70 heavy (non-hydrogen) atoms. The first-order valence-corrected chi connectivity index (χ1v) is 24.9. The third kappa shape index (κ3) is 9.64. The van der Waals surface area contributed by atoms with Gasteiger partial charge in [-0.1, -0.05) is 11.6 Å². The van der Waals surface area contributed by atoms with E-state index in [-0.39, 0.29) is 53.1 Å². The van der Waals surface area contributed by atoms with Crippen LogP contribution in [0, 0.1) is 17.2 Å². The summed E-state index contributed by atoms with van der Waals surface area (Å²) in [5, 5.41) is 30.8. The predicted molar refractivity (Wildman–Crippen MR) is 258 cm³/mol. The van der Waals surface area contributed by atoms with Crippen LogP contribution in [0.3, 0.4) is 0 Å². The highest BCUT2D eigenvalue weighted by atomic mass is 35.5. The van der Waals surface area contributed by atoms with E-state index in [1.807, 2.05) is 21.9 Å². The zero-order valence-corrected chi connectivity index (χ0v) is 40.3. The van der Waals surface area contributed by atoms with Crippen molar-refractivity contribution in [1.29, 1.82) is 5.26 Å². The summed E-state index contributed by atoms with van der Waals surface area (Å²) < 4.78 is 39.4. The van der Waals surface area contributed by atoms with E-state index in [0.29, 0.717) is 98.4 Å². The average Bonchev–Trinajstić information content (AvgIpc) is 3.99. The summed E-state index contributed by atoms with van der Waals surface area (Å²) in [6.45, 7) is 5.68. The summed E-state index contributed by atoms with van der Waals surface area (Å²) in [6, 6.07) is 14.2. The first-order valence-electron chi connectivity index (χ1n) is 24.5. The lowest BCUT2D eigenvalue weighted by Crippen LogP contribution is -2.46. The quantitative estimate of drug-likeness (QED) is 0.145. The van der Waals surface area contributed by atoms with Crippen LogP contribution in [0.5, 0.6) is 5.75 Å². The number of amides is 3. The molecule has 19 heteroatoms. The minimum Gasteiger partial charge on any atom is -0.490 e. The van der Waals surface area contributed by atoms with Gasteiger partial charge in [-0.15, -0.1) is 10.2 Å². The lowest BCUT2D eigenvalue weighted by Gasteiger charge is -2.38. The lowest BCUT2D eigenvalue weighted by atomic mass is 9.92. The molecule has 1 saturated carbocycles. The van der Waals surface area contributed by atoms with Crippen molar-refractivity contribution in [2.75, 3.05) is 49.1 Å². The number of piperidine rings is 2. The van der Waals surface area contributed by atoms with Crippen molar-refractivity contribution in [3.05, 3.63) is 93.5 Å². The molecule has 3 fully saturated rings. The fraction of sp³-hybridized carbons (Fsp3) is 0.490. The second-order valence-electron chi connectivity index (χ2n) is 19.3. The number of alkyl halides is 2. The number of nitrogens with one attached hydrogen (secondary N) is 1. The number of ether oxygens (including phenoxy) is 1. The normalized spacial score (nSPS) is 20.0. The number of nitriles is 1. The van der Waals surface area contributed by atoms with E-state index in [1.165, 1.54) is 0 Å². The smallest absolute Gasteiger partial charge is 0.272 e. The molecule has 16 nitrogen and oxygen atoms in total. The number of benzene rings is 2. The van der Waals surface area contributed by atoms with Gasteiger partial charge in [-0.2, -0.15) is 15.5 Å². The van der Waals surface area contributed by atoms with Crippen LogP contribution in [0.25, 0.3) is 11.1 Å². The Morgan fingerprint density at radius 2 is 1.69 bits per heavy atom. The van der Waals surface area contributed by atoms with Gasteiger partial charge in [0.25, 0.3) is 12.3 Å². The fourth-order valence-electron chi connectivity index (χ4n) is 11.1. The molecular formula is C51H57ClF2N12O4. The van der Waals surface area contributed by atoms with Crippen LogP contribution in [0.15, 0.2) is 54.9 Å². The molecule has 7 heterocycles. The van der Waals surface area contributed by atoms with E-state index in [0.717, 1.165) is 79.7 Å². The number of nitrogens with zero attached hydrogens (tertiary/aromatic N) is 11. The van der Waals surface area contributed by atoms with Gasteiger partial charge in [-0.25, -0.2) is 8.78 Å². The molecular weight excluding hydrogens is 918 g/mol. The molecule has 10 rings (SSSR count). The van der Waals surface area contributed by atoms with Crippen LogP contribution >= 0.6 is 11.6 Å². The third-order valence-corrected chi connectivity index (χ3v) is 15.2. The summed E-state index contributed by atoms with van der Waals surface area (Å²) in [6.07, 6.45) is 8.78. The topological polar surface area (TPSA) is 171 Å². The largest absolute Gasteiger partial charge is 0.490 e. The Bertz CT molecular complexity index is 2800. The Balaban J connectivity index is 0.737. The first-order chi connectivity index (χ1) is 33.9. The SMILES string of the molecule is CC(=O)N1CCc2c(c(N3CCCc4cc(-c5cnn(C)c5)c(C(F)F)cc43)nn2C2CCN(C(=O)C3CCN(c4ccc(C(=O)NC5CCC(Oc6ccc(C#N)c(Cl)c6)CC5)nn4)CC3)CC2)C1. The number of carbonyl (C=O) groups is 3. The number of carbonyl (C=O) groups excluding carboxylic acids is 3. The van der Waals surface area contributed by atoms with Gasteiger partial charge in [0.2, 0.25) is 11.8 Å². The van der Waals surface area contributed by atoms with Gasteiger partial charge < -0.3 is 29.7 Å². The number of likely N-dealkylation sites (tertiary alicyclic amines) is 1. The molecule has 4 aliphatic heterocycles. The zero-order chi connectivity index (χ0) is 48.6. The highest BCUT2D eigenvalue weighted by molar-refractivity contribution is 6.31. The highest BCUT2D eigenvalue weighted by Gasteiger charge is 2.37. The second-order valence-corrected chi connectivity index (χ2v) is 19.7. The molecule has 5 aromatic rings. The molecule has 3 aromatic heterocycles. The van der Waals surface area contributed by atoms with E-state index < -0.39 is 6.43 Å². The minimum absolute atomic E-state index is 0.00549. The number of hydrogen-bond acceptors (Lipinski definition) is 11. The fourth-order valence-corrected chi connectivity index (χ4v) is 11.3. The van der Waals surface area contributed by atoms with Crippen LogP contribution in [0.4, 0.5) is 26.1 Å². The molecule has 1 aliphatic carbocycles. The maximum absolute atomic E-state index is 14.8. The Morgan fingerprint density at radius 3 is 2.36 bits per heavy atom. The molecule has 0 atom stereocenters. The monoisotopic (exact) mass is 974 g/mol. The predicted octanol–water partition coefficient (Wildman–Crippen LogP) is 7.73. The summed E-state index contributed by atoms with van der Waals surface area (Å²) in [5.41, 5.74) is 5.50. The number of anilines is 3. The van der Waals surface area contributed by atoms with Crippen molar-refractivity contribution in [2.24, 2.45) is 13.0 Å². The number of aromatic nitrogens is 6. The van der Waals surface area contributed by atoms with Gasteiger partial charge in [0, 0.05) is 112 Å². The van der Waals surface area contributed by atoms with Gasteiger partial charge in [0.15, 0.2) is 17.3 Å². The molecule has 1 N–H and O–H groups in total. The van der Waals surface area contributed by atoms with Crippen molar-refractivity contribution in [3.63, 3.8) is 0 Å². The molecule has 0 radical (unpaired) electrons. The van der Waals surface area contributed by atoms with Gasteiger partial charge in [0.1, 0.15) is 11.8 Å². The van der Waals surface area contributed by atoms with Crippen molar-refractivity contribution in [3.8, 4) is 22.9 Å². The van der Waals surface area contributed by atoms with Crippen LogP contribution in [-0.4, -0.2) is 109 Å². The Morgan fingerprint density at radius 1 is 0.900 bits per heavy atom. The Hall–Kier alpha value is -6.61. The molecule has 2 saturated heterocycles. The van der Waals surface area contributed by atoms with Crippen molar-refractivity contribution >= 4 is 46.6 Å². The van der Waals surface area contributed by atoms with Crippen molar-refractivity contribution in [2.45, 2.75) is 109 Å². The highest BCUT2D eigenvalue weighted by Crippen LogP contribution is 2.44. The maximum Gasteiger partial charge on any atom is 0.272 e. The summed E-state index contributed by atoms with van der Waals surface area (Å²) in [4.78, 5) is 47.9. The lowest BCUT2D eigenvalue weighted by molar-refractivity contribution is -0.137. The summed E-state index contributed by atoms with van der Waals surface area (Å²) in [5.74, 6) is 1.80. The maximum atomic E-state index is 14.8. The molecule has 5 aliphatic rings.